The van der Waals surface area contributed by atoms with Gasteiger partial charge in [0, 0.05) is 19.6 Å². The highest BCUT2D eigenvalue weighted by Gasteiger charge is 2.27. The van der Waals surface area contributed by atoms with Crippen molar-refractivity contribution in [2.24, 2.45) is 5.92 Å². The second-order valence-electron chi connectivity index (χ2n) is 4.43. The lowest BCUT2D eigenvalue weighted by molar-refractivity contribution is -0.134. The molecule has 2 rings (SSSR count). The molecular weight excluding hydrogens is 212 g/mol. The summed E-state index contributed by atoms with van der Waals surface area (Å²) in [7, 11) is 0. The number of halogens is 1. The number of hydrogen-bond acceptors (Lipinski definition) is 2. The molecule has 2 fully saturated rings. The van der Waals surface area contributed by atoms with Crippen molar-refractivity contribution in [3.63, 3.8) is 0 Å². The number of carbonyl (C=O) groups is 1. The monoisotopic (exact) mass is 232 g/mol. The number of carbonyl (C=O) groups excluding carboxylic acids is 1. The minimum atomic E-state index is 0. The lowest BCUT2D eigenvalue weighted by atomic mass is 10.1. The Kier molecular flexibility index (Phi) is 5.40. The van der Waals surface area contributed by atoms with Crippen molar-refractivity contribution < 1.29 is 4.79 Å². The number of hydrogen-bond donors (Lipinski definition) is 1. The van der Waals surface area contributed by atoms with Crippen molar-refractivity contribution in [3.8, 4) is 0 Å². The third kappa shape index (κ3) is 3.35. The summed E-state index contributed by atoms with van der Waals surface area (Å²) in [6.45, 7) is 3.91. The number of nitrogens with one attached hydrogen (secondary N) is 1. The van der Waals surface area contributed by atoms with E-state index in [1.54, 1.807) is 0 Å². The van der Waals surface area contributed by atoms with Crippen molar-refractivity contribution in [1.82, 2.24) is 10.2 Å². The van der Waals surface area contributed by atoms with Gasteiger partial charge in [0.25, 0.3) is 0 Å². The van der Waals surface area contributed by atoms with E-state index < -0.39 is 0 Å². The first kappa shape index (κ1) is 12.8. The Morgan fingerprint density at radius 2 is 1.80 bits per heavy atom. The third-order valence-electron chi connectivity index (χ3n) is 3.33. The maximum absolute atomic E-state index is 12.0. The van der Waals surface area contributed by atoms with Crippen LogP contribution in [0, 0.1) is 5.92 Å². The van der Waals surface area contributed by atoms with Crippen LogP contribution in [0.3, 0.4) is 0 Å². The molecule has 15 heavy (non-hydrogen) atoms. The van der Waals surface area contributed by atoms with E-state index in [2.05, 4.69) is 10.2 Å². The molecule has 1 amide bonds. The van der Waals surface area contributed by atoms with Gasteiger partial charge in [-0.05, 0) is 25.8 Å². The highest BCUT2D eigenvalue weighted by atomic mass is 35.5. The topological polar surface area (TPSA) is 32.3 Å². The maximum atomic E-state index is 12.0. The quantitative estimate of drug-likeness (QED) is 0.742. The molecule has 0 aromatic rings. The normalized spacial score (nSPS) is 26.9. The number of nitrogens with zero attached hydrogens (tertiary/aromatic N) is 1. The molecule has 4 heteroatoms. The second kappa shape index (κ2) is 6.33. The van der Waals surface area contributed by atoms with E-state index in [0.717, 1.165) is 32.6 Å². The van der Waals surface area contributed by atoms with Crippen LogP contribution in [0.2, 0.25) is 0 Å². The molecule has 0 unspecified atom stereocenters. The Balaban J connectivity index is 0.00000112. The molecule has 1 atom stereocenters. The second-order valence-corrected chi connectivity index (χ2v) is 4.43. The summed E-state index contributed by atoms with van der Waals surface area (Å²) < 4.78 is 0. The predicted octanol–water partition coefficient (Wildman–Crippen LogP) is 1.42. The minimum absolute atomic E-state index is 0. The summed E-state index contributed by atoms with van der Waals surface area (Å²) in [6, 6.07) is 0. The van der Waals surface area contributed by atoms with Gasteiger partial charge < -0.3 is 10.2 Å². The molecule has 1 N–H and O–H groups in total. The summed E-state index contributed by atoms with van der Waals surface area (Å²) in [5, 5.41) is 3.26. The van der Waals surface area contributed by atoms with Crippen LogP contribution in [0.5, 0.6) is 0 Å². The van der Waals surface area contributed by atoms with E-state index in [-0.39, 0.29) is 18.3 Å². The van der Waals surface area contributed by atoms with Crippen LogP contribution < -0.4 is 5.32 Å². The van der Waals surface area contributed by atoms with Crippen LogP contribution in [0.1, 0.15) is 32.1 Å². The molecule has 0 aromatic heterocycles. The van der Waals surface area contributed by atoms with Crippen molar-refractivity contribution in [3.05, 3.63) is 0 Å². The van der Waals surface area contributed by atoms with Gasteiger partial charge in [-0.2, -0.15) is 0 Å². The molecule has 0 radical (unpaired) electrons. The van der Waals surface area contributed by atoms with E-state index in [9.17, 15) is 4.79 Å². The van der Waals surface area contributed by atoms with Gasteiger partial charge in [0.05, 0.1) is 5.92 Å². The lowest BCUT2D eigenvalue weighted by Gasteiger charge is -2.23. The molecule has 2 heterocycles. The zero-order valence-electron chi connectivity index (χ0n) is 9.21. The van der Waals surface area contributed by atoms with Crippen LogP contribution >= 0.6 is 12.4 Å². The van der Waals surface area contributed by atoms with Crippen molar-refractivity contribution in [2.75, 3.05) is 26.2 Å². The molecule has 2 aliphatic heterocycles. The highest BCUT2D eigenvalue weighted by molar-refractivity contribution is 5.85. The van der Waals surface area contributed by atoms with Crippen molar-refractivity contribution in [1.29, 1.82) is 0 Å². The maximum Gasteiger partial charge on any atom is 0.227 e. The fourth-order valence-corrected chi connectivity index (χ4v) is 2.41. The summed E-state index contributed by atoms with van der Waals surface area (Å²) >= 11 is 0. The molecule has 88 valence electrons. The molecule has 3 nitrogen and oxygen atoms in total. The first-order valence-electron chi connectivity index (χ1n) is 5.87. The predicted molar refractivity (Wildman–Crippen MR) is 63.3 cm³/mol. The number of rotatable bonds is 1. The van der Waals surface area contributed by atoms with Crippen LogP contribution in [0.4, 0.5) is 0 Å². The Labute approximate surface area is 98.0 Å². The molecule has 0 saturated carbocycles. The van der Waals surface area contributed by atoms with Gasteiger partial charge in [-0.15, -0.1) is 12.4 Å². The first-order chi connectivity index (χ1) is 6.88. The number of amides is 1. The van der Waals surface area contributed by atoms with Gasteiger partial charge in [-0.25, -0.2) is 0 Å². The highest BCUT2D eigenvalue weighted by Crippen LogP contribution is 2.16. The van der Waals surface area contributed by atoms with E-state index >= 15 is 0 Å². The zero-order valence-corrected chi connectivity index (χ0v) is 10.0. The van der Waals surface area contributed by atoms with Gasteiger partial charge in [0.1, 0.15) is 0 Å². The SMILES string of the molecule is Cl.O=C([C@H]1CCNC1)N1CCCCCC1. The molecular formula is C11H21ClN2O. The zero-order chi connectivity index (χ0) is 9.80. The van der Waals surface area contributed by atoms with E-state index in [0.29, 0.717) is 5.91 Å². The molecule has 2 saturated heterocycles. The van der Waals surface area contributed by atoms with Crippen LogP contribution in [0.15, 0.2) is 0 Å². The minimum Gasteiger partial charge on any atom is -0.342 e. The van der Waals surface area contributed by atoms with E-state index in [1.807, 2.05) is 0 Å². The Morgan fingerprint density at radius 3 is 2.33 bits per heavy atom. The van der Waals surface area contributed by atoms with Gasteiger partial charge >= 0.3 is 0 Å². The first-order valence-corrected chi connectivity index (χ1v) is 5.87. The molecule has 0 aromatic carbocycles. The van der Waals surface area contributed by atoms with Gasteiger partial charge in [0.15, 0.2) is 0 Å². The molecule has 0 aliphatic carbocycles. The Hall–Kier alpha value is -0.280. The Bertz CT molecular complexity index is 197. The van der Waals surface area contributed by atoms with Crippen LogP contribution in [0.25, 0.3) is 0 Å². The van der Waals surface area contributed by atoms with Gasteiger partial charge in [0.2, 0.25) is 5.91 Å². The standard InChI is InChI=1S/C11H20N2O.ClH/c14-11(10-5-6-12-9-10)13-7-3-1-2-4-8-13;/h10,12H,1-9H2;1H/t10-;/m0./s1. The fourth-order valence-electron chi connectivity index (χ4n) is 2.41. The lowest BCUT2D eigenvalue weighted by Crippen LogP contribution is -2.37. The third-order valence-corrected chi connectivity index (χ3v) is 3.33. The number of likely N-dealkylation sites (tertiary alicyclic amines) is 1. The smallest absolute Gasteiger partial charge is 0.227 e. The Morgan fingerprint density at radius 1 is 1.13 bits per heavy atom. The summed E-state index contributed by atoms with van der Waals surface area (Å²) in [4.78, 5) is 14.1. The average molecular weight is 233 g/mol. The average Bonchev–Trinajstić information content (AvgIpc) is 2.59. The van der Waals surface area contributed by atoms with Crippen LogP contribution in [-0.4, -0.2) is 37.0 Å². The molecule has 0 bridgehead atoms. The van der Waals surface area contributed by atoms with E-state index in [4.69, 9.17) is 0 Å². The summed E-state index contributed by atoms with van der Waals surface area (Å²) in [5.74, 6) is 0.671. The van der Waals surface area contributed by atoms with Crippen LogP contribution in [-0.2, 0) is 4.79 Å². The summed E-state index contributed by atoms with van der Waals surface area (Å²) in [6.07, 6.45) is 6.03. The largest absolute Gasteiger partial charge is 0.342 e. The van der Waals surface area contributed by atoms with Gasteiger partial charge in [-0.3, -0.25) is 4.79 Å². The van der Waals surface area contributed by atoms with Gasteiger partial charge in [-0.1, -0.05) is 12.8 Å². The molecule has 2 aliphatic rings. The molecule has 0 spiro atoms. The van der Waals surface area contributed by atoms with Crippen molar-refractivity contribution >= 4 is 18.3 Å². The summed E-state index contributed by atoms with van der Waals surface area (Å²) in [5.41, 5.74) is 0. The van der Waals surface area contributed by atoms with E-state index in [1.165, 1.54) is 25.7 Å². The fraction of sp³-hybridized carbons (Fsp3) is 0.909. The van der Waals surface area contributed by atoms with Crippen molar-refractivity contribution in [2.45, 2.75) is 32.1 Å².